The maximum atomic E-state index is 12.8. The smallest absolute Gasteiger partial charge is 0.251 e. The Balaban J connectivity index is 1.62. The molecule has 31 heavy (non-hydrogen) atoms. The van der Waals surface area contributed by atoms with Crippen LogP contribution in [0.4, 0.5) is 5.69 Å². The fourth-order valence-electron chi connectivity index (χ4n) is 3.79. The Kier molecular flexibility index (Phi) is 8.44. The fraction of sp³-hybridized carbons (Fsp3) is 0.480. The summed E-state index contributed by atoms with van der Waals surface area (Å²) in [6.45, 7) is 9.99. The van der Waals surface area contributed by atoms with Crippen LogP contribution in [0.1, 0.15) is 49.5 Å². The molecule has 1 aliphatic heterocycles. The van der Waals surface area contributed by atoms with E-state index in [1.165, 1.54) is 24.1 Å². The van der Waals surface area contributed by atoms with Gasteiger partial charge in [0.25, 0.3) is 5.91 Å². The number of benzene rings is 2. The zero-order valence-corrected chi connectivity index (χ0v) is 18.9. The third-order valence-electron chi connectivity index (χ3n) is 5.28. The van der Waals surface area contributed by atoms with Crippen molar-refractivity contribution in [2.45, 2.75) is 40.0 Å². The van der Waals surface area contributed by atoms with Crippen LogP contribution in [0.5, 0.6) is 17.2 Å². The Morgan fingerprint density at radius 3 is 2.03 bits per heavy atom. The summed E-state index contributed by atoms with van der Waals surface area (Å²) >= 11 is 0. The minimum absolute atomic E-state index is 0.154. The first-order chi connectivity index (χ1) is 15.2. The average molecular weight is 427 g/mol. The second kappa shape index (κ2) is 11.5. The molecule has 1 aliphatic rings. The molecule has 1 N–H and O–H groups in total. The molecule has 168 valence electrons. The summed E-state index contributed by atoms with van der Waals surface area (Å²) in [6.07, 6.45) is 3.32. The van der Waals surface area contributed by atoms with Crippen molar-refractivity contribution in [2.75, 3.05) is 44.4 Å². The fourth-order valence-corrected chi connectivity index (χ4v) is 3.79. The van der Waals surface area contributed by atoms with Crippen LogP contribution in [-0.2, 0) is 6.42 Å². The molecule has 3 rings (SSSR count). The van der Waals surface area contributed by atoms with E-state index in [2.05, 4.69) is 34.5 Å². The summed E-state index contributed by atoms with van der Waals surface area (Å²) in [5.41, 5.74) is 2.99. The van der Waals surface area contributed by atoms with E-state index in [0.717, 1.165) is 19.5 Å². The summed E-state index contributed by atoms with van der Waals surface area (Å²) in [5, 5.41) is 3.01. The van der Waals surface area contributed by atoms with E-state index in [0.29, 0.717) is 49.2 Å². The monoisotopic (exact) mass is 426 g/mol. The number of carbonyl (C=O) groups excluding carboxylic acids is 1. The van der Waals surface area contributed by atoms with Crippen LogP contribution in [0.15, 0.2) is 36.4 Å². The molecule has 2 aromatic rings. The van der Waals surface area contributed by atoms with Gasteiger partial charge in [0.15, 0.2) is 11.5 Å². The van der Waals surface area contributed by atoms with Crippen molar-refractivity contribution in [3.05, 3.63) is 47.5 Å². The second-order valence-electron chi connectivity index (χ2n) is 7.47. The number of nitrogens with zero attached hydrogens (tertiary/aromatic N) is 1. The Hall–Kier alpha value is -2.89. The number of carbonyl (C=O) groups is 1. The van der Waals surface area contributed by atoms with Crippen molar-refractivity contribution in [1.82, 2.24) is 5.32 Å². The zero-order chi connectivity index (χ0) is 22.1. The van der Waals surface area contributed by atoms with Gasteiger partial charge in [-0.15, -0.1) is 0 Å². The van der Waals surface area contributed by atoms with Crippen LogP contribution < -0.4 is 24.4 Å². The van der Waals surface area contributed by atoms with E-state index < -0.39 is 0 Å². The van der Waals surface area contributed by atoms with Crippen molar-refractivity contribution in [1.29, 1.82) is 0 Å². The maximum absolute atomic E-state index is 12.8. The van der Waals surface area contributed by atoms with Gasteiger partial charge >= 0.3 is 0 Å². The van der Waals surface area contributed by atoms with Gasteiger partial charge in [-0.1, -0.05) is 12.1 Å². The lowest BCUT2D eigenvalue weighted by atomic mass is 10.1. The number of nitrogens with one attached hydrogen (secondary N) is 1. The number of hydrogen-bond acceptors (Lipinski definition) is 5. The molecule has 0 spiro atoms. The first-order valence-corrected chi connectivity index (χ1v) is 11.3. The zero-order valence-electron chi connectivity index (χ0n) is 18.9. The summed E-state index contributed by atoms with van der Waals surface area (Å²) in [5.74, 6) is 1.44. The van der Waals surface area contributed by atoms with E-state index >= 15 is 0 Å². The largest absolute Gasteiger partial charge is 0.490 e. The number of rotatable bonds is 11. The minimum atomic E-state index is -0.154. The van der Waals surface area contributed by atoms with Crippen molar-refractivity contribution in [3.63, 3.8) is 0 Å². The van der Waals surface area contributed by atoms with E-state index in [-0.39, 0.29) is 5.91 Å². The summed E-state index contributed by atoms with van der Waals surface area (Å²) in [7, 11) is 0. The Bertz CT molecular complexity index is 818. The normalized spacial score (nSPS) is 13.2. The van der Waals surface area contributed by atoms with Gasteiger partial charge in [0.1, 0.15) is 0 Å². The van der Waals surface area contributed by atoms with Gasteiger partial charge in [-0.2, -0.15) is 0 Å². The van der Waals surface area contributed by atoms with Gasteiger partial charge < -0.3 is 24.4 Å². The van der Waals surface area contributed by atoms with Crippen molar-refractivity contribution in [3.8, 4) is 17.2 Å². The summed E-state index contributed by atoms with van der Waals surface area (Å²) < 4.78 is 17.1. The molecule has 0 aromatic heterocycles. The van der Waals surface area contributed by atoms with Crippen LogP contribution in [0.3, 0.4) is 0 Å². The number of anilines is 1. The lowest BCUT2D eigenvalue weighted by molar-refractivity contribution is 0.0953. The molecule has 0 bridgehead atoms. The van der Waals surface area contributed by atoms with Crippen LogP contribution in [-0.4, -0.2) is 45.4 Å². The number of amides is 1. The third-order valence-corrected chi connectivity index (χ3v) is 5.28. The Morgan fingerprint density at radius 1 is 0.903 bits per heavy atom. The third kappa shape index (κ3) is 6.06. The standard InChI is InChI=1S/C25H34N2O4/c1-4-29-22-17-20(18-23(30-5-2)24(22)31-6-3)25(28)26-14-13-19-9-11-21(12-10-19)27-15-7-8-16-27/h9-12,17-18H,4-8,13-16H2,1-3H3,(H,26,28). The molecule has 0 aliphatic carbocycles. The first kappa shape index (κ1) is 22.8. The number of ether oxygens (including phenoxy) is 3. The van der Waals surface area contributed by atoms with Gasteiger partial charge in [0.2, 0.25) is 5.75 Å². The SMILES string of the molecule is CCOc1cc(C(=O)NCCc2ccc(N3CCCC3)cc2)cc(OCC)c1OCC. The molecule has 0 unspecified atom stereocenters. The highest BCUT2D eigenvalue weighted by atomic mass is 16.5. The predicted octanol–water partition coefficient (Wildman–Crippen LogP) is 4.46. The molecule has 1 amide bonds. The molecule has 1 saturated heterocycles. The molecule has 1 heterocycles. The van der Waals surface area contributed by atoms with Crippen LogP contribution in [0, 0.1) is 0 Å². The maximum Gasteiger partial charge on any atom is 0.251 e. The van der Waals surface area contributed by atoms with E-state index in [1.807, 2.05) is 20.8 Å². The second-order valence-corrected chi connectivity index (χ2v) is 7.47. The van der Waals surface area contributed by atoms with Crippen LogP contribution in [0.25, 0.3) is 0 Å². The highest BCUT2D eigenvalue weighted by Gasteiger charge is 2.18. The molecule has 0 saturated carbocycles. The average Bonchev–Trinajstić information content (AvgIpc) is 3.31. The summed E-state index contributed by atoms with van der Waals surface area (Å²) in [4.78, 5) is 15.2. The lowest BCUT2D eigenvalue weighted by Gasteiger charge is -2.18. The van der Waals surface area contributed by atoms with E-state index in [9.17, 15) is 4.79 Å². The quantitative estimate of drug-likeness (QED) is 0.575. The molecule has 6 nitrogen and oxygen atoms in total. The van der Waals surface area contributed by atoms with Crippen molar-refractivity contribution < 1.29 is 19.0 Å². The van der Waals surface area contributed by atoms with Crippen molar-refractivity contribution >= 4 is 11.6 Å². The molecule has 6 heteroatoms. The molecule has 2 aromatic carbocycles. The topological polar surface area (TPSA) is 60.0 Å². The minimum Gasteiger partial charge on any atom is -0.490 e. The first-order valence-electron chi connectivity index (χ1n) is 11.3. The van der Waals surface area contributed by atoms with Gasteiger partial charge in [0.05, 0.1) is 19.8 Å². The van der Waals surface area contributed by atoms with Gasteiger partial charge in [-0.3, -0.25) is 4.79 Å². The highest BCUT2D eigenvalue weighted by Crippen LogP contribution is 2.39. The van der Waals surface area contributed by atoms with Gasteiger partial charge in [0, 0.05) is 30.9 Å². The highest BCUT2D eigenvalue weighted by molar-refractivity contribution is 5.95. The summed E-state index contributed by atoms with van der Waals surface area (Å²) in [6, 6.07) is 12.1. The van der Waals surface area contributed by atoms with E-state index in [4.69, 9.17) is 14.2 Å². The lowest BCUT2D eigenvalue weighted by Crippen LogP contribution is -2.26. The van der Waals surface area contributed by atoms with Crippen LogP contribution in [0.2, 0.25) is 0 Å². The van der Waals surface area contributed by atoms with Crippen molar-refractivity contribution in [2.24, 2.45) is 0 Å². The van der Waals surface area contributed by atoms with Gasteiger partial charge in [-0.05, 0) is 69.9 Å². The molecular formula is C25H34N2O4. The Labute approximate surface area is 185 Å². The molecule has 0 atom stereocenters. The molecule has 0 radical (unpaired) electrons. The Morgan fingerprint density at radius 2 is 1.48 bits per heavy atom. The van der Waals surface area contributed by atoms with Crippen LogP contribution >= 0.6 is 0 Å². The number of hydrogen-bond donors (Lipinski definition) is 1. The predicted molar refractivity (Wildman–Crippen MR) is 124 cm³/mol. The van der Waals surface area contributed by atoms with Gasteiger partial charge in [-0.25, -0.2) is 0 Å². The molecule has 1 fully saturated rings. The van der Waals surface area contributed by atoms with E-state index in [1.54, 1.807) is 12.1 Å². The molecular weight excluding hydrogens is 392 g/mol.